The lowest BCUT2D eigenvalue weighted by molar-refractivity contribution is 0.0201. The van der Waals surface area contributed by atoms with Crippen LogP contribution in [0.1, 0.15) is 19.4 Å². The summed E-state index contributed by atoms with van der Waals surface area (Å²) >= 11 is 0. The van der Waals surface area contributed by atoms with Gasteiger partial charge in [0.05, 0.1) is 12.1 Å². The molecule has 2 N–H and O–H groups in total. The minimum absolute atomic E-state index is 0.133. The fraction of sp³-hybridized carbons (Fsp3) is 0.615. The molecule has 1 aromatic heterocycles. The summed E-state index contributed by atoms with van der Waals surface area (Å²) < 4.78 is 5.51. The Bertz CT molecular complexity index is 318. The summed E-state index contributed by atoms with van der Waals surface area (Å²) in [6.45, 7) is 6.89. The molecule has 0 amide bonds. The van der Waals surface area contributed by atoms with Gasteiger partial charge in [0.15, 0.2) is 0 Å². The molecular formula is C13H23N3O. The molecule has 17 heavy (non-hydrogen) atoms. The maximum absolute atomic E-state index is 5.87. The highest BCUT2D eigenvalue weighted by molar-refractivity contribution is 5.09. The molecule has 1 unspecified atom stereocenters. The first-order chi connectivity index (χ1) is 8.12. The number of nitrogens with zero attached hydrogens (tertiary/aromatic N) is 2. The molecule has 0 saturated carbocycles. The van der Waals surface area contributed by atoms with Gasteiger partial charge in [0.1, 0.15) is 0 Å². The number of rotatable bonds is 7. The van der Waals surface area contributed by atoms with E-state index in [1.165, 1.54) is 5.56 Å². The lowest BCUT2D eigenvalue weighted by atomic mass is 10.0. The second-order valence-electron chi connectivity index (χ2n) is 4.56. The van der Waals surface area contributed by atoms with Crippen molar-refractivity contribution in [2.45, 2.75) is 25.9 Å². The lowest BCUT2D eigenvalue weighted by Crippen LogP contribution is -2.52. The van der Waals surface area contributed by atoms with Gasteiger partial charge in [-0.1, -0.05) is 6.07 Å². The van der Waals surface area contributed by atoms with Crippen LogP contribution >= 0.6 is 0 Å². The first kappa shape index (κ1) is 14.1. The monoisotopic (exact) mass is 237 g/mol. The van der Waals surface area contributed by atoms with Gasteiger partial charge in [-0.2, -0.15) is 0 Å². The van der Waals surface area contributed by atoms with Crippen molar-refractivity contribution in [1.82, 2.24) is 9.88 Å². The SMILES string of the molecule is CCOCC(C)(CN)N(C)Cc1cccnc1. The molecule has 4 nitrogen and oxygen atoms in total. The molecule has 0 fully saturated rings. The number of hydrogen-bond donors (Lipinski definition) is 1. The van der Waals surface area contributed by atoms with Crippen molar-refractivity contribution in [3.8, 4) is 0 Å². The van der Waals surface area contributed by atoms with Gasteiger partial charge in [-0.05, 0) is 32.5 Å². The number of hydrogen-bond acceptors (Lipinski definition) is 4. The molecule has 0 aliphatic heterocycles. The second kappa shape index (κ2) is 6.69. The molecular weight excluding hydrogens is 214 g/mol. The first-order valence-electron chi connectivity index (χ1n) is 6.00. The molecule has 0 saturated heterocycles. The van der Waals surface area contributed by atoms with Crippen LogP contribution in [0.2, 0.25) is 0 Å². The molecule has 1 aromatic rings. The predicted molar refractivity (Wildman–Crippen MR) is 69.7 cm³/mol. The van der Waals surface area contributed by atoms with Gasteiger partial charge >= 0.3 is 0 Å². The van der Waals surface area contributed by atoms with E-state index in [9.17, 15) is 0 Å². The number of likely N-dealkylation sites (N-methyl/N-ethyl adjacent to an activating group) is 1. The van der Waals surface area contributed by atoms with Crippen LogP contribution in [-0.4, -0.2) is 42.2 Å². The fourth-order valence-electron chi connectivity index (χ4n) is 1.60. The van der Waals surface area contributed by atoms with Gasteiger partial charge < -0.3 is 10.5 Å². The van der Waals surface area contributed by atoms with Crippen LogP contribution in [0.25, 0.3) is 0 Å². The normalized spacial score (nSPS) is 14.9. The quantitative estimate of drug-likeness (QED) is 0.776. The van der Waals surface area contributed by atoms with Gasteiger partial charge in [-0.15, -0.1) is 0 Å². The van der Waals surface area contributed by atoms with Gasteiger partial charge in [-0.3, -0.25) is 9.88 Å². The fourth-order valence-corrected chi connectivity index (χ4v) is 1.60. The molecule has 0 radical (unpaired) electrons. The molecule has 0 aliphatic rings. The standard InChI is InChI=1S/C13H23N3O/c1-4-17-11-13(2,10-14)16(3)9-12-6-5-7-15-8-12/h5-8H,4,9-11,14H2,1-3H3. The number of aromatic nitrogens is 1. The van der Waals surface area contributed by atoms with E-state index in [4.69, 9.17) is 10.5 Å². The zero-order valence-electron chi connectivity index (χ0n) is 11.0. The van der Waals surface area contributed by atoms with Gasteiger partial charge in [0.25, 0.3) is 0 Å². The summed E-state index contributed by atoms with van der Waals surface area (Å²) in [5, 5.41) is 0. The van der Waals surface area contributed by atoms with Crippen molar-refractivity contribution >= 4 is 0 Å². The van der Waals surface area contributed by atoms with Crippen molar-refractivity contribution in [2.75, 3.05) is 26.8 Å². The van der Waals surface area contributed by atoms with E-state index in [2.05, 4.69) is 29.9 Å². The van der Waals surface area contributed by atoms with Crippen LogP contribution in [0.15, 0.2) is 24.5 Å². The highest BCUT2D eigenvalue weighted by Gasteiger charge is 2.27. The Morgan fingerprint density at radius 2 is 2.29 bits per heavy atom. The number of pyridine rings is 1. The van der Waals surface area contributed by atoms with Crippen LogP contribution in [0.5, 0.6) is 0 Å². The molecule has 96 valence electrons. The summed E-state index contributed by atoms with van der Waals surface area (Å²) in [6.07, 6.45) is 3.67. The Kier molecular flexibility index (Phi) is 5.55. The van der Waals surface area contributed by atoms with Crippen molar-refractivity contribution in [3.05, 3.63) is 30.1 Å². The van der Waals surface area contributed by atoms with E-state index >= 15 is 0 Å². The Balaban J connectivity index is 2.63. The van der Waals surface area contributed by atoms with E-state index in [1.807, 2.05) is 19.2 Å². The highest BCUT2D eigenvalue weighted by atomic mass is 16.5. The average Bonchev–Trinajstić information content (AvgIpc) is 2.37. The van der Waals surface area contributed by atoms with Crippen LogP contribution < -0.4 is 5.73 Å². The minimum atomic E-state index is -0.133. The third kappa shape index (κ3) is 4.07. The molecule has 0 spiro atoms. The second-order valence-corrected chi connectivity index (χ2v) is 4.56. The molecule has 0 aliphatic carbocycles. The summed E-state index contributed by atoms with van der Waals surface area (Å²) in [7, 11) is 2.07. The van der Waals surface area contributed by atoms with Crippen molar-refractivity contribution < 1.29 is 4.74 Å². The third-order valence-electron chi connectivity index (χ3n) is 3.12. The van der Waals surface area contributed by atoms with Gasteiger partial charge in [0, 0.05) is 32.1 Å². The van der Waals surface area contributed by atoms with Gasteiger partial charge in [0.2, 0.25) is 0 Å². The predicted octanol–water partition coefficient (Wildman–Crippen LogP) is 1.27. The largest absolute Gasteiger partial charge is 0.380 e. The Labute approximate surface area is 104 Å². The van der Waals surface area contributed by atoms with Crippen molar-refractivity contribution in [2.24, 2.45) is 5.73 Å². The summed E-state index contributed by atoms with van der Waals surface area (Å²) in [6, 6.07) is 4.02. The molecule has 0 bridgehead atoms. The van der Waals surface area contributed by atoms with Gasteiger partial charge in [-0.25, -0.2) is 0 Å². The van der Waals surface area contributed by atoms with E-state index in [-0.39, 0.29) is 5.54 Å². The summed E-state index contributed by atoms with van der Waals surface area (Å²) in [5.74, 6) is 0. The van der Waals surface area contributed by atoms with Crippen molar-refractivity contribution in [1.29, 1.82) is 0 Å². The lowest BCUT2D eigenvalue weighted by Gasteiger charge is -2.37. The number of nitrogens with two attached hydrogens (primary N) is 1. The molecule has 1 atom stereocenters. The van der Waals surface area contributed by atoms with E-state index in [0.29, 0.717) is 13.2 Å². The van der Waals surface area contributed by atoms with Crippen LogP contribution in [0, 0.1) is 0 Å². The smallest absolute Gasteiger partial charge is 0.0659 e. The molecule has 1 rings (SSSR count). The van der Waals surface area contributed by atoms with E-state index < -0.39 is 0 Å². The maximum atomic E-state index is 5.87. The molecule has 0 aromatic carbocycles. The Morgan fingerprint density at radius 3 is 2.82 bits per heavy atom. The Morgan fingerprint density at radius 1 is 1.53 bits per heavy atom. The first-order valence-corrected chi connectivity index (χ1v) is 6.00. The Hall–Kier alpha value is -0.970. The maximum Gasteiger partial charge on any atom is 0.0659 e. The zero-order chi connectivity index (χ0) is 12.7. The topological polar surface area (TPSA) is 51.4 Å². The van der Waals surface area contributed by atoms with Crippen molar-refractivity contribution in [3.63, 3.8) is 0 Å². The van der Waals surface area contributed by atoms with Crippen LogP contribution in [-0.2, 0) is 11.3 Å². The molecule has 4 heteroatoms. The number of ether oxygens (including phenoxy) is 1. The summed E-state index contributed by atoms with van der Waals surface area (Å²) in [5.41, 5.74) is 6.92. The van der Waals surface area contributed by atoms with E-state index in [0.717, 1.165) is 13.2 Å². The average molecular weight is 237 g/mol. The zero-order valence-corrected chi connectivity index (χ0v) is 11.0. The third-order valence-corrected chi connectivity index (χ3v) is 3.12. The molecule has 1 heterocycles. The summed E-state index contributed by atoms with van der Waals surface area (Å²) in [4.78, 5) is 6.34. The van der Waals surface area contributed by atoms with Crippen LogP contribution in [0.3, 0.4) is 0 Å². The minimum Gasteiger partial charge on any atom is -0.380 e. The highest BCUT2D eigenvalue weighted by Crippen LogP contribution is 2.15. The van der Waals surface area contributed by atoms with Crippen LogP contribution in [0.4, 0.5) is 0 Å². The van der Waals surface area contributed by atoms with E-state index in [1.54, 1.807) is 6.20 Å².